The van der Waals surface area contributed by atoms with E-state index < -0.39 is 20.0 Å². The van der Waals surface area contributed by atoms with Crippen molar-refractivity contribution in [1.29, 1.82) is 0 Å². The highest BCUT2D eigenvalue weighted by molar-refractivity contribution is 7.90. The van der Waals surface area contributed by atoms with Crippen molar-refractivity contribution in [2.24, 2.45) is 10.7 Å². The minimum atomic E-state index is -4.02. The molecule has 0 aliphatic heterocycles. The first kappa shape index (κ1) is 21.8. The maximum atomic E-state index is 11.2. The first-order chi connectivity index (χ1) is 11.9. The van der Waals surface area contributed by atoms with Crippen LogP contribution in [0.4, 0.5) is 0 Å². The minimum absolute atomic E-state index is 0.0666. The zero-order valence-corrected chi connectivity index (χ0v) is 16.4. The second kappa shape index (κ2) is 8.93. The molecule has 2 aromatic rings. The normalized spacial score (nSPS) is 12.2. The summed E-state index contributed by atoms with van der Waals surface area (Å²) in [7, 11) is -7.16. The highest BCUT2D eigenvalue weighted by Gasteiger charge is 2.07. The average molecular weight is 399 g/mol. The Hall–Kier alpha value is -2.23. The molecule has 0 spiro atoms. The fourth-order valence-corrected chi connectivity index (χ4v) is 2.96. The quantitative estimate of drug-likeness (QED) is 0.461. The number of nitrogens with zero attached hydrogens (tertiary/aromatic N) is 1. The molecule has 26 heavy (non-hydrogen) atoms. The van der Waals surface area contributed by atoms with Gasteiger partial charge in [0.1, 0.15) is 5.84 Å². The van der Waals surface area contributed by atoms with Crippen LogP contribution in [-0.2, 0) is 20.0 Å². The van der Waals surface area contributed by atoms with Gasteiger partial charge in [-0.05, 0) is 38.1 Å². The van der Waals surface area contributed by atoms with Gasteiger partial charge in [0.15, 0.2) is 9.84 Å². The third-order valence-corrected chi connectivity index (χ3v) is 5.22. The van der Waals surface area contributed by atoms with Crippen LogP contribution in [0.1, 0.15) is 18.1 Å². The van der Waals surface area contributed by atoms with Gasteiger partial charge in [0.2, 0.25) is 0 Å². The van der Waals surface area contributed by atoms with E-state index in [-0.39, 0.29) is 9.79 Å². The van der Waals surface area contributed by atoms with E-state index in [0.717, 1.165) is 11.1 Å². The number of aliphatic imine (C=N–C) groups is 1. The lowest BCUT2D eigenvalue weighted by atomic mass is 10.2. The monoisotopic (exact) mass is 398 g/mol. The zero-order valence-electron chi connectivity index (χ0n) is 14.7. The second-order valence-corrected chi connectivity index (χ2v) is 8.88. The van der Waals surface area contributed by atoms with E-state index in [1.54, 1.807) is 24.3 Å². The number of hydrogen-bond donors (Lipinski definition) is 2. The smallest absolute Gasteiger partial charge is 0.294 e. The van der Waals surface area contributed by atoms with Crippen LogP contribution in [0.3, 0.4) is 0 Å². The number of benzene rings is 2. The summed E-state index contributed by atoms with van der Waals surface area (Å²) in [6.45, 7) is 4.34. The molecule has 0 unspecified atom stereocenters. The third kappa shape index (κ3) is 6.95. The molecule has 0 aliphatic carbocycles. The lowest BCUT2D eigenvalue weighted by Gasteiger charge is -2.02. The molecule has 0 amide bonds. The van der Waals surface area contributed by atoms with E-state index in [9.17, 15) is 16.8 Å². The molecule has 7 nitrogen and oxygen atoms in total. The van der Waals surface area contributed by atoms with E-state index in [1.165, 1.54) is 30.5 Å². The second-order valence-electron chi connectivity index (χ2n) is 5.44. The Bertz CT molecular complexity index is 963. The Morgan fingerprint density at radius 3 is 1.81 bits per heavy atom. The highest BCUT2D eigenvalue weighted by Crippen LogP contribution is 2.10. The molecule has 0 atom stereocenters. The van der Waals surface area contributed by atoms with Crippen LogP contribution < -0.4 is 5.73 Å². The van der Waals surface area contributed by atoms with Crippen LogP contribution in [0.25, 0.3) is 0 Å². The summed E-state index contributed by atoms with van der Waals surface area (Å²) in [5.41, 5.74) is 7.36. The predicted molar refractivity (Wildman–Crippen MR) is 102 cm³/mol. The van der Waals surface area contributed by atoms with Crippen LogP contribution in [0.5, 0.6) is 0 Å². The van der Waals surface area contributed by atoms with Crippen LogP contribution in [-0.4, -0.2) is 40.0 Å². The molecular weight excluding hydrogens is 376 g/mol. The van der Waals surface area contributed by atoms with E-state index in [2.05, 4.69) is 4.99 Å². The maximum absolute atomic E-state index is 11.2. The Morgan fingerprint density at radius 2 is 1.42 bits per heavy atom. The number of hydrogen-bond acceptors (Lipinski definition) is 5. The first-order valence-corrected chi connectivity index (χ1v) is 10.9. The van der Waals surface area contributed by atoms with Crippen LogP contribution in [0.15, 0.2) is 63.3 Å². The summed E-state index contributed by atoms with van der Waals surface area (Å²) >= 11 is 0. The van der Waals surface area contributed by atoms with E-state index in [4.69, 9.17) is 10.3 Å². The summed E-state index contributed by atoms with van der Waals surface area (Å²) in [5, 5.41) is 0. The molecule has 0 saturated heterocycles. The predicted octanol–water partition coefficient (Wildman–Crippen LogP) is 2.06. The van der Waals surface area contributed by atoms with Crippen LogP contribution in [0, 0.1) is 6.92 Å². The molecule has 0 radical (unpaired) electrons. The highest BCUT2D eigenvalue weighted by atomic mass is 32.2. The van der Waals surface area contributed by atoms with Gasteiger partial charge in [-0.1, -0.05) is 29.8 Å². The summed E-state index contributed by atoms with van der Waals surface area (Å²) in [6, 6.07) is 12.4. The first-order valence-electron chi connectivity index (χ1n) is 7.59. The number of sulfone groups is 1. The van der Waals surface area contributed by atoms with Gasteiger partial charge >= 0.3 is 0 Å². The molecule has 0 aliphatic rings. The van der Waals surface area contributed by atoms with Gasteiger partial charge in [-0.15, -0.1) is 0 Å². The molecule has 9 heteroatoms. The van der Waals surface area contributed by atoms with Gasteiger partial charge in [0, 0.05) is 18.4 Å². The standard InChI is InChI=1S/C10H14N2O2S.C7H8O3S/c1-3-12-10(11)8-4-6-9(7-5-8)15(2,13)14;1-6-2-4-7(5-3-6)11(8,9)10/h4-7H,3H2,1-2H3,(H2,11,12);2-5H,1H3,(H,8,9,10). The van der Waals surface area contributed by atoms with Crippen LogP contribution >= 0.6 is 0 Å². The molecule has 2 aromatic carbocycles. The van der Waals surface area contributed by atoms with Crippen LogP contribution in [0.2, 0.25) is 0 Å². The zero-order chi connectivity index (χ0) is 20.0. The average Bonchev–Trinajstić information content (AvgIpc) is 2.54. The Kier molecular flexibility index (Phi) is 7.49. The molecule has 0 bridgehead atoms. The summed E-state index contributed by atoms with van der Waals surface area (Å²) in [6.07, 6.45) is 1.17. The lowest BCUT2D eigenvalue weighted by Crippen LogP contribution is -2.13. The Balaban J connectivity index is 0.000000273. The molecule has 0 saturated carbocycles. The summed E-state index contributed by atoms with van der Waals surface area (Å²) in [5.74, 6) is 0.428. The number of aryl methyl sites for hydroxylation is 1. The van der Waals surface area contributed by atoms with Gasteiger partial charge in [0.05, 0.1) is 9.79 Å². The molecule has 142 valence electrons. The fraction of sp³-hybridized carbons (Fsp3) is 0.235. The molecule has 0 aromatic heterocycles. The molecular formula is C17H22N2O5S2. The van der Waals surface area contributed by atoms with Crippen molar-refractivity contribution >= 4 is 25.8 Å². The maximum Gasteiger partial charge on any atom is 0.294 e. The number of amidine groups is 1. The molecule has 0 fully saturated rings. The Morgan fingerprint density at radius 1 is 0.962 bits per heavy atom. The summed E-state index contributed by atoms with van der Waals surface area (Å²) < 4.78 is 51.9. The van der Waals surface area contributed by atoms with Crippen molar-refractivity contribution in [1.82, 2.24) is 0 Å². The van der Waals surface area contributed by atoms with Crippen molar-refractivity contribution in [3.05, 3.63) is 59.7 Å². The van der Waals surface area contributed by atoms with Crippen molar-refractivity contribution in [3.63, 3.8) is 0 Å². The van der Waals surface area contributed by atoms with Gasteiger partial charge in [-0.2, -0.15) is 8.42 Å². The molecule has 3 N–H and O–H groups in total. The van der Waals surface area contributed by atoms with E-state index in [1.807, 2.05) is 13.8 Å². The van der Waals surface area contributed by atoms with Crippen molar-refractivity contribution in [2.75, 3.05) is 12.8 Å². The van der Waals surface area contributed by atoms with Crippen molar-refractivity contribution < 1.29 is 21.4 Å². The van der Waals surface area contributed by atoms with Crippen molar-refractivity contribution in [2.45, 2.75) is 23.6 Å². The molecule has 0 heterocycles. The topological polar surface area (TPSA) is 127 Å². The lowest BCUT2D eigenvalue weighted by molar-refractivity contribution is 0.483. The van der Waals surface area contributed by atoms with Gasteiger partial charge in [0.25, 0.3) is 10.1 Å². The van der Waals surface area contributed by atoms with E-state index >= 15 is 0 Å². The SMILES string of the molecule is CCN=C(N)c1ccc(S(C)(=O)=O)cc1.Cc1ccc(S(=O)(=O)O)cc1. The largest absolute Gasteiger partial charge is 0.384 e. The minimum Gasteiger partial charge on any atom is -0.384 e. The van der Waals surface area contributed by atoms with Gasteiger partial charge in [-0.3, -0.25) is 9.55 Å². The number of nitrogens with two attached hydrogens (primary N) is 1. The van der Waals surface area contributed by atoms with Gasteiger partial charge in [-0.25, -0.2) is 8.42 Å². The van der Waals surface area contributed by atoms with E-state index in [0.29, 0.717) is 12.4 Å². The third-order valence-electron chi connectivity index (χ3n) is 3.23. The fourth-order valence-electron chi connectivity index (χ4n) is 1.84. The van der Waals surface area contributed by atoms with Crippen molar-refractivity contribution in [3.8, 4) is 0 Å². The Labute approximate surface area is 154 Å². The summed E-state index contributed by atoms with van der Waals surface area (Å²) in [4.78, 5) is 4.25. The van der Waals surface area contributed by atoms with Gasteiger partial charge < -0.3 is 5.73 Å². The molecule has 2 rings (SSSR count). The number of rotatable bonds is 4.